The predicted octanol–water partition coefficient (Wildman–Crippen LogP) is 5.59. The van der Waals surface area contributed by atoms with Gasteiger partial charge in [0.1, 0.15) is 11.4 Å². The van der Waals surface area contributed by atoms with Gasteiger partial charge in [-0.25, -0.2) is 4.79 Å². The highest BCUT2D eigenvalue weighted by molar-refractivity contribution is 7.98. The second kappa shape index (κ2) is 12.1. The van der Waals surface area contributed by atoms with Crippen LogP contribution in [0.4, 0.5) is 4.79 Å². The first-order valence-electron chi connectivity index (χ1n) is 10.7. The third-order valence-electron chi connectivity index (χ3n) is 4.16. The monoisotopic (exact) mass is 467 g/mol. The minimum absolute atomic E-state index is 0.387. The highest BCUT2D eigenvalue weighted by atomic mass is 32.2. The Kier molecular flexibility index (Phi) is 8.95. The molecule has 0 atom stereocenters. The van der Waals surface area contributed by atoms with E-state index in [-0.39, 0.29) is 0 Å². The van der Waals surface area contributed by atoms with Gasteiger partial charge in [-0.1, -0.05) is 42.5 Å². The van der Waals surface area contributed by atoms with Crippen LogP contribution in [0.15, 0.2) is 65.1 Å². The van der Waals surface area contributed by atoms with E-state index in [0.717, 1.165) is 22.6 Å². The Morgan fingerprint density at radius 2 is 1.85 bits per heavy atom. The Balaban J connectivity index is 1.39. The number of aromatic nitrogens is 2. The number of carbonyl (C=O) groups is 1. The summed E-state index contributed by atoms with van der Waals surface area (Å²) in [5, 5.41) is 11.0. The normalized spacial score (nSPS) is 11.5. The van der Waals surface area contributed by atoms with Crippen molar-refractivity contribution < 1.29 is 18.7 Å². The van der Waals surface area contributed by atoms with Crippen LogP contribution in [-0.4, -0.2) is 40.8 Å². The topological polar surface area (TPSA) is 86.5 Å². The Morgan fingerprint density at radius 3 is 2.58 bits per heavy atom. The molecule has 0 aliphatic carbocycles. The van der Waals surface area contributed by atoms with Crippen LogP contribution in [0.5, 0.6) is 5.75 Å². The van der Waals surface area contributed by atoms with Crippen molar-refractivity contribution in [1.82, 2.24) is 15.5 Å². The molecule has 0 fully saturated rings. The number of rotatable bonds is 10. The van der Waals surface area contributed by atoms with Gasteiger partial charge in [-0.05, 0) is 50.6 Å². The van der Waals surface area contributed by atoms with Gasteiger partial charge in [0.15, 0.2) is 0 Å². The van der Waals surface area contributed by atoms with Crippen molar-refractivity contribution in [3.8, 4) is 17.2 Å². The van der Waals surface area contributed by atoms with E-state index in [1.165, 1.54) is 0 Å². The fourth-order valence-corrected chi connectivity index (χ4v) is 3.35. The van der Waals surface area contributed by atoms with Gasteiger partial charge in [0, 0.05) is 17.9 Å². The van der Waals surface area contributed by atoms with E-state index >= 15 is 0 Å². The maximum Gasteiger partial charge on any atom is 0.407 e. The largest absolute Gasteiger partial charge is 0.493 e. The second-order valence-corrected chi connectivity index (χ2v) is 9.23. The summed E-state index contributed by atoms with van der Waals surface area (Å²) in [6, 6.07) is 17.5. The number of carbonyl (C=O) groups excluding carboxylic acids is 1. The molecule has 0 saturated heterocycles. The van der Waals surface area contributed by atoms with Gasteiger partial charge in [0.2, 0.25) is 11.8 Å². The Labute approximate surface area is 198 Å². The van der Waals surface area contributed by atoms with E-state index in [1.807, 2.05) is 87.5 Å². The molecule has 0 aliphatic rings. The molecule has 174 valence electrons. The molecule has 0 spiro atoms. The van der Waals surface area contributed by atoms with E-state index < -0.39 is 11.7 Å². The highest BCUT2D eigenvalue weighted by Gasteiger charge is 2.15. The molecule has 0 unspecified atom stereocenters. The average Bonchev–Trinajstić information content (AvgIpc) is 3.25. The highest BCUT2D eigenvalue weighted by Crippen LogP contribution is 2.21. The van der Waals surface area contributed by atoms with Crippen molar-refractivity contribution in [2.75, 3.05) is 18.9 Å². The maximum atomic E-state index is 11.6. The zero-order valence-electron chi connectivity index (χ0n) is 19.1. The molecule has 2 aromatic carbocycles. The number of para-hydroxylation sites is 1. The molecule has 1 aromatic heterocycles. The first kappa shape index (κ1) is 24.4. The molecular weight excluding hydrogens is 438 g/mol. The van der Waals surface area contributed by atoms with Crippen LogP contribution in [0.1, 0.15) is 32.2 Å². The molecule has 0 aliphatic heterocycles. The first-order valence-corrected chi connectivity index (χ1v) is 11.9. The molecule has 7 nitrogen and oxygen atoms in total. The quantitative estimate of drug-likeness (QED) is 0.389. The van der Waals surface area contributed by atoms with Crippen molar-refractivity contribution in [3.05, 3.63) is 72.1 Å². The Bertz CT molecular complexity index is 1030. The van der Waals surface area contributed by atoms with Gasteiger partial charge in [0.05, 0.1) is 12.4 Å². The molecule has 0 bridgehead atoms. The minimum atomic E-state index is -0.506. The molecule has 3 aromatic rings. The van der Waals surface area contributed by atoms with Crippen LogP contribution in [0, 0.1) is 0 Å². The number of nitrogens with one attached hydrogen (secondary N) is 1. The van der Waals surface area contributed by atoms with Gasteiger partial charge < -0.3 is 19.2 Å². The number of alkyl carbamates (subject to hydrolysis) is 1. The first-order chi connectivity index (χ1) is 15.9. The van der Waals surface area contributed by atoms with E-state index in [0.29, 0.717) is 30.7 Å². The summed E-state index contributed by atoms with van der Waals surface area (Å²) in [5.74, 6) is 3.42. The molecule has 1 heterocycles. The van der Waals surface area contributed by atoms with Crippen LogP contribution in [0.2, 0.25) is 0 Å². The van der Waals surface area contributed by atoms with E-state index in [4.69, 9.17) is 13.9 Å². The molecule has 8 heteroatoms. The van der Waals surface area contributed by atoms with Crippen LogP contribution in [0.3, 0.4) is 0 Å². The van der Waals surface area contributed by atoms with Crippen LogP contribution in [0.25, 0.3) is 17.5 Å². The summed E-state index contributed by atoms with van der Waals surface area (Å²) < 4.78 is 16.6. The standard InChI is InChI=1S/C25H29N3O4S/c1-25(2,3)32-24(29)26-15-7-8-19-11-13-20(14-12-19)23-28-27-22(31-23)18-33-17-16-30-21-9-5-4-6-10-21/h4-14H,15-18H2,1-3H3,(H,26,29)/b8-7-. The summed E-state index contributed by atoms with van der Waals surface area (Å²) in [6.07, 6.45) is 3.35. The van der Waals surface area contributed by atoms with E-state index in [1.54, 1.807) is 11.8 Å². The lowest BCUT2D eigenvalue weighted by atomic mass is 10.1. The molecule has 0 radical (unpaired) electrons. The second-order valence-electron chi connectivity index (χ2n) is 8.12. The Hall–Kier alpha value is -3.26. The molecule has 33 heavy (non-hydrogen) atoms. The minimum Gasteiger partial charge on any atom is -0.493 e. The molecule has 1 N–H and O–H groups in total. The van der Waals surface area contributed by atoms with Crippen LogP contribution >= 0.6 is 11.8 Å². The van der Waals surface area contributed by atoms with Gasteiger partial charge in [-0.2, -0.15) is 0 Å². The van der Waals surface area contributed by atoms with Gasteiger partial charge in [-0.3, -0.25) is 0 Å². The summed E-state index contributed by atoms with van der Waals surface area (Å²) >= 11 is 1.68. The number of hydrogen-bond acceptors (Lipinski definition) is 7. The smallest absolute Gasteiger partial charge is 0.407 e. The third kappa shape index (κ3) is 9.02. The van der Waals surface area contributed by atoms with Crippen molar-refractivity contribution in [1.29, 1.82) is 0 Å². The predicted molar refractivity (Wildman–Crippen MR) is 131 cm³/mol. The fourth-order valence-electron chi connectivity index (χ4n) is 2.71. The number of thioether (sulfide) groups is 1. The molecule has 1 amide bonds. The summed E-state index contributed by atoms with van der Waals surface area (Å²) in [6.45, 7) is 6.50. The van der Waals surface area contributed by atoms with Gasteiger partial charge in [0.25, 0.3) is 0 Å². The summed E-state index contributed by atoms with van der Waals surface area (Å²) in [5.41, 5.74) is 1.35. The lowest BCUT2D eigenvalue weighted by Gasteiger charge is -2.19. The fraction of sp³-hybridized carbons (Fsp3) is 0.320. The Morgan fingerprint density at radius 1 is 1.09 bits per heavy atom. The molecular formula is C25H29N3O4S. The van der Waals surface area contributed by atoms with E-state index in [2.05, 4.69) is 15.5 Å². The summed E-state index contributed by atoms with van der Waals surface area (Å²) in [4.78, 5) is 11.6. The van der Waals surface area contributed by atoms with Crippen molar-refractivity contribution in [2.24, 2.45) is 0 Å². The van der Waals surface area contributed by atoms with Crippen LogP contribution in [-0.2, 0) is 10.5 Å². The number of benzene rings is 2. The number of hydrogen-bond donors (Lipinski definition) is 1. The maximum absolute atomic E-state index is 11.6. The molecule has 0 saturated carbocycles. The lowest BCUT2D eigenvalue weighted by molar-refractivity contribution is 0.0534. The van der Waals surface area contributed by atoms with Gasteiger partial charge in [-0.15, -0.1) is 22.0 Å². The van der Waals surface area contributed by atoms with Crippen molar-refractivity contribution in [2.45, 2.75) is 32.1 Å². The van der Waals surface area contributed by atoms with E-state index in [9.17, 15) is 4.79 Å². The van der Waals surface area contributed by atoms with Crippen LogP contribution < -0.4 is 10.1 Å². The third-order valence-corrected chi connectivity index (χ3v) is 5.07. The van der Waals surface area contributed by atoms with Crippen molar-refractivity contribution in [3.63, 3.8) is 0 Å². The number of amides is 1. The lowest BCUT2D eigenvalue weighted by Crippen LogP contribution is -2.32. The van der Waals surface area contributed by atoms with Crippen molar-refractivity contribution >= 4 is 23.9 Å². The number of nitrogens with zero attached hydrogens (tertiary/aromatic N) is 2. The zero-order valence-corrected chi connectivity index (χ0v) is 19.9. The average molecular weight is 468 g/mol. The zero-order chi connectivity index (χ0) is 23.5. The molecule has 3 rings (SSSR count). The summed E-state index contributed by atoms with van der Waals surface area (Å²) in [7, 11) is 0. The van der Waals surface area contributed by atoms with Gasteiger partial charge >= 0.3 is 6.09 Å². The SMILES string of the molecule is CC(C)(C)OC(=O)NC/C=C\c1ccc(-c2nnc(CSCCOc3ccccc3)o2)cc1. The number of ether oxygens (including phenoxy) is 2.